The van der Waals surface area contributed by atoms with Crippen LogP contribution in [0.2, 0.25) is 0 Å². The van der Waals surface area contributed by atoms with Gasteiger partial charge < -0.3 is 15.0 Å². The van der Waals surface area contributed by atoms with Gasteiger partial charge in [-0.15, -0.1) is 0 Å². The number of hydrogen-bond acceptors (Lipinski definition) is 6. The van der Waals surface area contributed by atoms with E-state index in [0.717, 1.165) is 0 Å². The second-order valence-corrected chi connectivity index (χ2v) is 4.72. The summed E-state index contributed by atoms with van der Waals surface area (Å²) in [6.07, 6.45) is 0. The molecule has 0 bridgehead atoms. The highest BCUT2D eigenvalue weighted by atomic mass is 16.5. The number of aromatic nitrogens is 3. The molecule has 0 aliphatic heterocycles. The summed E-state index contributed by atoms with van der Waals surface area (Å²) in [5, 5.41) is 3.18. The monoisotopic (exact) mass is 225 g/mol. The molecule has 1 heterocycles. The molecule has 0 aliphatic carbocycles. The molecule has 0 radical (unpaired) electrons. The Kier molecular flexibility index (Phi) is 3.51. The van der Waals surface area contributed by atoms with Gasteiger partial charge in [-0.1, -0.05) is 0 Å². The minimum Gasteiger partial charge on any atom is -0.467 e. The van der Waals surface area contributed by atoms with Crippen molar-refractivity contribution in [2.75, 3.05) is 31.4 Å². The average molecular weight is 225 g/mol. The predicted octanol–water partition coefficient (Wildman–Crippen LogP) is 1.16. The zero-order valence-electron chi connectivity index (χ0n) is 10.7. The maximum absolute atomic E-state index is 5.03. The molecule has 0 saturated heterocycles. The molecule has 0 aromatic carbocycles. The van der Waals surface area contributed by atoms with Gasteiger partial charge in [0.2, 0.25) is 11.9 Å². The van der Waals surface area contributed by atoms with Crippen LogP contribution in [-0.2, 0) is 0 Å². The number of anilines is 2. The van der Waals surface area contributed by atoms with Crippen LogP contribution in [0.25, 0.3) is 0 Å². The zero-order valence-corrected chi connectivity index (χ0v) is 10.7. The number of nitrogens with one attached hydrogen (secondary N) is 1. The molecule has 6 heteroatoms. The molecule has 0 unspecified atom stereocenters. The van der Waals surface area contributed by atoms with Crippen molar-refractivity contribution < 1.29 is 4.74 Å². The Morgan fingerprint density at radius 2 is 1.75 bits per heavy atom. The number of hydrogen-bond donors (Lipinski definition) is 1. The quantitative estimate of drug-likeness (QED) is 0.832. The van der Waals surface area contributed by atoms with E-state index in [-0.39, 0.29) is 5.54 Å². The molecule has 0 atom stereocenters. The van der Waals surface area contributed by atoms with Crippen molar-refractivity contribution in [2.45, 2.75) is 26.3 Å². The molecule has 1 aromatic rings. The molecule has 0 amide bonds. The normalized spacial score (nSPS) is 11.1. The number of ether oxygens (including phenoxy) is 1. The topological polar surface area (TPSA) is 63.2 Å². The Labute approximate surface area is 96.1 Å². The molecule has 0 saturated carbocycles. The predicted molar refractivity (Wildman–Crippen MR) is 64.1 cm³/mol. The summed E-state index contributed by atoms with van der Waals surface area (Å²) in [6.45, 7) is 6.12. The Bertz CT molecular complexity index is 359. The molecule has 1 N–H and O–H groups in total. The molecule has 1 rings (SSSR count). The third-order valence-corrected chi connectivity index (χ3v) is 1.67. The van der Waals surface area contributed by atoms with Gasteiger partial charge in [-0.05, 0) is 20.8 Å². The van der Waals surface area contributed by atoms with E-state index in [0.29, 0.717) is 17.9 Å². The first-order valence-electron chi connectivity index (χ1n) is 5.07. The number of rotatable bonds is 3. The summed E-state index contributed by atoms with van der Waals surface area (Å²) in [4.78, 5) is 14.3. The highest BCUT2D eigenvalue weighted by Crippen LogP contribution is 2.15. The fourth-order valence-electron chi connectivity index (χ4n) is 1.03. The summed E-state index contributed by atoms with van der Waals surface area (Å²) < 4.78 is 5.03. The lowest BCUT2D eigenvalue weighted by atomic mass is 10.1. The van der Waals surface area contributed by atoms with Crippen molar-refractivity contribution in [1.29, 1.82) is 0 Å². The Hall–Kier alpha value is -1.59. The van der Waals surface area contributed by atoms with E-state index in [1.165, 1.54) is 7.11 Å². The summed E-state index contributed by atoms with van der Waals surface area (Å²) in [5.41, 5.74) is -0.101. The second kappa shape index (κ2) is 4.51. The summed E-state index contributed by atoms with van der Waals surface area (Å²) >= 11 is 0. The third-order valence-electron chi connectivity index (χ3n) is 1.67. The van der Waals surface area contributed by atoms with Crippen LogP contribution < -0.4 is 15.0 Å². The van der Waals surface area contributed by atoms with Crippen LogP contribution in [0.5, 0.6) is 6.01 Å². The SMILES string of the molecule is COc1nc(NC(C)(C)C)nc(N(C)C)n1. The maximum Gasteiger partial charge on any atom is 0.322 e. The fraction of sp³-hybridized carbons (Fsp3) is 0.700. The molecular formula is C10H19N5O. The van der Waals surface area contributed by atoms with Crippen molar-refractivity contribution in [3.05, 3.63) is 0 Å². The molecule has 6 nitrogen and oxygen atoms in total. The summed E-state index contributed by atoms with van der Waals surface area (Å²) in [6, 6.07) is 0.311. The Morgan fingerprint density at radius 3 is 2.19 bits per heavy atom. The highest BCUT2D eigenvalue weighted by molar-refractivity contribution is 5.38. The van der Waals surface area contributed by atoms with Gasteiger partial charge in [0.25, 0.3) is 0 Å². The second-order valence-electron chi connectivity index (χ2n) is 4.72. The first-order chi connectivity index (χ1) is 7.31. The van der Waals surface area contributed by atoms with Crippen molar-refractivity contribution in [3.8, 4) is 6.01 Å². The fourth-order valence-corrected chi connectivity index (χ4v) is 1.03. The van der Waals surface area contributed by atoms with Gasteiger partial charge >= 0.3 is 6.01 Å². The molecule has 1 aromatic heterocycles. The molecule has 16 heavy (non-hydrogen) atoms. The van der Waals surface area contributed by atoms with Crippen LogP contribution in [0, 0.1) is 0 Å². The van der Waals surface area contributed by atoms with Crippen molar-refractivity contribution in [2.24, 2.45) is 0 Å². The van der Waals surface area contributed by atoms with E-state index in [4.69, 9.17) is 4.74 Å². The molecule has 0 aliphatic rings. The smallest absolute Gasteiger partial charge is 0.322 e. The van der Waals surface area contributed by atoms with Gasteiger partial charge in [-0.25, -0.2) is 0 Å². The first kappa shape index (κ1) is 12.5. The van der Waals surface area contributed by atoms with Crippen LogP contribution in [0.3, 0.4) is 0 Å². The van der Waals surface area contributed by atoms with E-state index in [2.05, 4.69) is 20.3 Å². The van der Waals surface area contributed by atoms with E-state index in [1.54, 1.807) is 4.90 Å². The van der Waals surface area contributed by atoms with Crippen molar-refractivity contribution in [1.82, 2.24) is 15.0 Å². The van der Waals surface area contributed by atoms with E-state index in [9.17, 15) is 0 Å². The van der Waals surface area contributed by atoms with Crippen molar-refractivity contribution >= 4 is 11.9 Å². The van der Waals surface area contributed by atoms with Crippen LogP contribution in [0.1, 0.15) is 20.8 Å². The van der Waals surface area contributed by atoms with E-state index >= 15 is 0 Å². The van der Waals surface area contributed by atoms with E-state index < -0.39 is 0 Å². The van der Waals surface area contributed by atoms with Gasteiger partial charge in [0.15, 0.2) is 0 Å². The highest BCUT2D eigenvalue weighted by Gasteiger charge is 2.14. The first-order valence-corrected chi connectivity index (χ1v) is 5.07. The van der Waals surface area contributed by atoms with Crippen LogP contribution in [0.15, 0.2) is 0 Å². The lowest BCUT2D eigenvalue weighted by Crippen LogP contribution is -2.28. The summed E-state index contributed by atoms with van der Waals surface area (Å²) in [5.74, 6) is 1.08. The minimum absolute atomic E-state index is 0.101. The van der Waals surface area contributed by atoms with Crippen molar-refractivity contribution in [3.63, 3.8) is 0 Å². The van der Waals surface area contributed by atoms with Gasteiger partial charge in [0.1, 0.15) is 0 Å². The van der Waals surface area contributed by atoms with Gasteiger partial charge in [0.05, 0.1) is 7.11 Å². The largest absolute Gasteiger partial charge is 0.467 e. The molecule has 90 valence electrons. The number of nitrogens with zero attached hydrogens (tertiary/aromatic N) is 4. The Balaban J connectivity index is 3.04. The summed E-state index contributed by atoms with van der Waals surface area (Å²) in [7, 11) is 5.28. The molecule has 0 fully saturated rings. The number of methoxy groups -OCH3 is 1. The minimum atomic E-state index is -0.101. The third kappa shape index (κ3) is 3.52. The molecular weight excluding hydrogens is 206 g/mol. The van der Waals surface area contributed by atoms with Gasteiger partial charge in [-0.2, -0.15) is 15.0 Å². The van der Waals surface area contributed by atoms with Crippen LogP contribution in [-0.4, -0.2) is 41.7 Å². The maximum atomic E-state index is 5.03. The lowest BCUT2D eigenvalue weighted by Gasteiger charge is -2.21. The molecule has 0 spiro atoms. The van der Waals surface area contributed by atoms with Gasteiger partial charge in [-0.3, -0.25) is 0 Å². The lowest BCUT2D eigenvalue weighted by molar-refractivity contribution is 0.378. The van der Waals surface area contributed by atoms with Crippen LogP contribution >= 0.6 is 0 Å². The Morgan fingerprint density at radius 1 is 1.12 bits per heavy atom. The van der Waals surface area contributed by atoms with E-state index in [1.807, 2.05) is 34.9 Å². The standard InChI is InChI=1S/C10H19N5O/c1-10(2,3)14-7-11-8(15(4)5)13-9(12-7)16-6/h1-6H3,(H,11,12,13,14). The average Bonchev–Trinajstić information content (AvgIpc) is 2.14. The van der Waals surface area contributed by atoms with Gasteiger partial charge in [0, 0.05) is 19.6 Å². The zero-order chi connectivity index (χ0) is 12.3. The van der Waals surface area contributed by atoms with Crippen LogP contribution in [0.4, 0.5) is 11.9 Å².